The Balaban J connectivity index is 1.51. The summed E-state index contributed by atoms with van der Waals surface area (Å²) in [4.78, 5) is 14.8. The van der Waals surface area contributed by atoms with Crippen LogP contribution < -0.4 is 5.32 Å². The lowest BCUT2D eigenvalue weighted by Gasteiger charge is -2.35. The van der Waals surface area contributed by atoms with E-state index in [-0.39, 0.29) is 5.91 Å². The van der Waals surface area contributed by atoms with Crippen LogP contribution in [0, 0.1) is 13.8 Å². The minimum atomic E-state index is 0.0919. The SMILES string of the molecule is Cc1nn(-c2ccc(C(=O)N(C)C3CC4CCC(C3)N4)cc2)c(C)c1Cl. The second-order valence-corrected chi connectivity index (χ2v) is 8.00. The van der Waals surface area contributed by atoms with Gasteiger partial charge >= 0.3 is 0 Å². The maximum Gasteiger partial charge on any atom is 0.253 e. The third-order valence-electron chi connectivity index (χ3n) is 5.88. The summed E-state index contributed by atoms with van der Waals surface area (Å²) in [5.41, 5.74) is 3.35. The monoisotopic (exact) mass is 372 g/mol. The Morgan fingerprint density at radius 1 is 1.19 bits per heavy atom. The van der Waals surface area contributed by atoms with Crippen LogP contribution in [0.3, 0.4) is 0 Å². The summed E-state index contributed by atoms with van der Waals surface area (Å²) in [6.45, 7) is 3.84. The predicted molar refractivity (Wildman–Crippen MR) is 103 cm³/mol. The van der Waals surface area contributed by atoms with Gasteiger partial charge in [0.05, 0.1) is 22.1 Å². The number of nitrogens with zero attached hydrogens (tertiary/aromatic N) is 3. The van der Waals surface area contributed by atoms with E-state index >= 15 is 0 Å². The maximum atomic E-state index is 12.9. The van der Waals surface area contributed by atoms with E-state index in [4.69, 9.17) is 11.6 Å². The number of fused-ring (bicyclic) bond motifs is 2. The van der Waals surface area contributed by atoms with E-state index in [1.165, 1.54) is 12.8 Å². The van der Waals surface area contributed by atoms with Gasteiger partial charge in [-0.3, -0.25) is 4.79 Å². The van der Waals surface area contributed by atoms with Crippen molar-refractivity contribution in [3.05, 3.63) is 46.2 Å². The molecule has 0 spiro atoms. The topological polar surface area (TPSA) is 50.2 Å². The summed E-state index contributed by atoms with van der Waals surface area (Å²) < 4.78 is 1.82. The molecule has 138 valence electrons. The van der Waals surface area contributed by atoms with Gasteiger partial charge in [0.1, 0.15) is 0 Å². The third kappa shape index (κ3) is 3.03. The van der Waals surface area contributed by atoms with Crippen LogP contribution >= 0.6 is 11.6 Å². The molecular formula is C20H25ClN4O. The van der Waals surface area contributed by atoms with Crippen molar-refractivity contribution in [2.45, 2.75) is 57.7 Å². The number of hydrogen-bond donors (Lipinski definition) is 1. The molecule has 2 fully saturated rings. The first-order valence-electron chi connectivity index (χ1n) is 9.29. The van der Waals surface area contributed by atoms with E-state index in [1.54, 1.807) is 0 Å². The van der Waals surface area contributed by atoms with Gasteiger partial charge in [-0.15, -0.1) is 0 Å². The molecule has 5 nitrogen and oxygen atoms in total. The number of nitrogens with one attached hydrogen (secondary N) is 1. The average Bonchev–Trinajstić information content (AvgIpc) is 3.13. The van der Waals surface area contributed by atoms with Gasteiger partial charge in [-0.2, -0.15) is 5.10 Å². The Labute approximate surface area is 159 Å². The van der Waals surface area contributed by atoms with E-state index in [0.29, 0.717) is 23.1 Å². The summed E-state index contributed by atoms with van der Waals surface area (Å²) in [5, 5.41) is 8.79. The molecule has 0 radical (unpaired) electrons. The smallest absolute Gasteiger partial charge is 0.253 e. The first-order chi connectivity index (χ1) is 12.4. The van der Waals surface area contributed by atoms with Gasteiger partial charge in [0, 0.05) is 30.7 Å². The normalized spacial score (nSPS) is 24.7. The van der Waals surface area contributed by atoms with E-state index in [1.807, 2.05) is 54.7 Å². The van der Waals surface area contributed by atoms with Crippen LogP contribution in [0.25, 0.3) is 5.69 Å². The largest absolute Gasteiger partial charge is 0.339 e. The Hall–Kier alpha value is -1.85. The van der Waals surface area contributed by atoms with Gasteiger partial charge < -0.3 is 10.2 Å². The molecule has 0 saturated carbocycles. The second-order valence-electron chi connectivity index (χ2n) is 7.62. The molecule has 1 aromatic heterocycles. The third-order valence-corrected chi connectivity index (χ3v) is 6.43. The van der Waals surface area contributed by atoms with Crippen molar-refractivity contribution < 1.29 is 4.79 Å². The quantitative estimate of drug-likeness (QED) is 0.897. The molecule has 3 heterocycles. The molecule has 2 bridgehead atoms. The highest BCUT2D eigenvalue weighted by Gasteiger charge is 2.36. The highest BCUT2D eigenvalue weighted by Crippen LogP contribution is 2.30. The van der Waals surface area contributed by atoms with Crippen LogP contribution in [0.2, 0.25) is 5.02 Å². The molecular weight excluding hydrogens is 348 g/mol. The number of carbonyl (C=O) groups excluding carboxylic acids is 1. The van der Waals surface area contributed by atoms with Crippen molar-refractivity contribution in [3.8, 4) is 5.69 Å². The molecule has 1 aromatic carbocycles. The molecule has 2 unspecified atom stereocenters. The molecule has 2 aliphatic heterocycles. The summed E-state index contributed by atoms with van der Waals surface area (Å²) >= 11 is 6.24. The first kappa shape index (κ1) is 17.6. The summed E-state index contributed by atoms with van der Waals surface area (Å²) in [5.74, 6) is 0.0919. The maximum absolute atomic E-state index is 12.9. The van der Waals surface area contributed by atoms with Crippen molar-refractivity contribution in [1.82, 2.24) is 20.0 Å². The molecule has 0 aliphatic carbocycles. The molecule has 2 atom stereocenters. The second kappa shape index (κ2) is 6.71. The van der Waals surface area contributed by atoms with E-state index in [9.17, 15) is 4.79 Å². The zero-order valence-corrected chi connectivity index (χ0v) is 16.3. The van der Waals surface area contributed by atoms with Crippen molar-refractivity contribution >= 4 is 17.5 Å². The van der Waals surface area contributed by atoms with E-state index in [0.717, 1.165) is 35.5 Å². The molecule has 1 N–H and O–H groups in total. The molecule has 2 aliphatic rings. The number of amides is 1. The van der Waals surface area contributed by atoms with Crippen LogP contribution in [0.4, 0.5) is 0 Å². The number of carbonyl (C=O) groups is 1. The van der Waals surface area contributed by atoms with Crippen LogP contribution in [0.5, 0.6) is 0 Å². The lowest BCUT2D eigenvalue weighted by Crippen LogP contribution is -2.48. The van der Waals surface area contributed by atoms with Gasteiger partial charge in [-0.1, -0.05) is 11.6 Å². The summed E-state index contributed by atoms with van der Waals surface area (Å²) in [6.07, 6.45) is 4.59. The fourth-order valence-electron chi connectivity index (χ4n) is 4.33. The fourth-order valence-corrected chi connectivity index (χ4v) is 4.45. The predicted octanol–water partition coefficient (Wildman–Crippen LogP) is 3.50. The number of hydrogen-bond acceptors (Lipinski definition) is 3. The highest BCUT2D eigenvalue weighted by atomic mass is 35.5. The number of aryl methyl sites for hydroxylation is 1. The highest BCUT2D eigenvalue weighted by molar-refractivity contribution is 6.31. The number of piperidine rings is 1. The number of rotatable bonds is 3. The Bertz CT molecular complexity index is 817. The average molecular weight is 373 g/mol. The zero-order chi connectivity index (χ0) is 18.4. The van der Waals surface area contributed by atoms with Crippen LogP contribution in [0.15, 0.2) is 24.3 Å². The summed E-state index contributed by atoms with van der Waals surface area (Å²) in [7, 11) is 1.94. The number of benzene rings is 1. The molecule has 26 heavy (non-hydrogen) atoms. The summed E-state index contributed by atoms with van der Waals surface area (Å²) in [6, 6.07) is 9.11. The fraction of sp³-hybridized carbons (Fsp3) is 0.500. The first-order valence-corrected chi connectivity index (χ1v) is 9.67. The Morgan fingerprint density at radius 2 is 1.81 bits per heavy atom. The zero-order valence-electron chi connectivity index (χ0n) is 15.5. The van der Waals surface area contributed by atoms with Crippen LogP contribution in [0.1, 0.15) is 47.4 Å². The Morgan fingerprint density at radius 3 is 2.35 bits per heavy atom. The van der Waals surface area contributed by atoms with Gasteiger partial charge in [-0.05, 0) is 63.8 Å². The van der Waals surface area contributed by atoms with Crippen molar-refractivity contribution in [3.63, 3.8) is 0 Å². The van der Waals surface area contributed by atoms with Crippen LogP contribution in [-0.2, 0) is 0 Å². The lowest BCUT2D eigenvalue weighted by atomic mass is 9.98. The lowest BCUT2D eigenvalue weighted by molar-refractivity contribution is 0.0681. The molecule has 4 rings (SSSR count). The van der Waals surface area contributed by atoms with Gasteiger partial charge in [0.25, 0.3) is 5.91 Å². The van der Waals surface area contributed by atoms with E-state index < -0.39 is 0 Å². The number of aromatic nitrogens is 2. The van der Waals surface area contributed by atoms with Crippen molar-refractivity contribution in [2.75, 3.05) is 7.05 Å². The van der Waals surface area contributed by atoms with E-state index in [2.05, 4.69) is 10.4 Å². The Kier molecular flexibility index (Phi) is 4.53. The van der Waals surface area contributed by atoms with Crippen molar-refractivity contribution in [1.29, 1.82) is 0 Å². The van der Waals surface area contributed by atoms with Crippen LogP contribution in [-0.4, -0.2) is 45.8 Å². The van der Waals surface area contributed by atoms with Gasteiger partial charge in [0.2, 0.25) is 0 Å². The molecule has 1 amide bonds. The minimum Gasteiger partial charge on any atom is -0.339 e. The number of halogens is 1. The standard InChI is InChI=1S/C20H25ClN4O/c1-12-19(21)13(2)25(23-12)17-8-4-14(5-9-17)20(26)24(3)18-10-15-6-7-16(11-18)22-15/h4-5,8-9,15-16,18,22H,6-7,10-11H2,1-3H3. The minimum absolute atomic E-state index is 0.0919. The van der Waals surface area contributed by atoms with Gasteiger partial charge in [-0.25, -0.2) is 4.68 Å². The van der Waals surface area contributed by atoms with Crippen molar-refractivity contribution in [2.24, 2.45) is 0 Å². The van der Waals surface area contributed by atoms with Gasteiger partial charge in [0.15, 0.2) is 0 Å². The molecule has 2 saturated heterocycles. The molecule has 2 aromatic rings. The molecule has 6 heteroatoms.